The molecule has 0 radical (unpaired) electrons. The highest BCUT2D eigenvalue weighted by Crippen LogP contribution is 2.24. The lowest BCUT2D eigenvalue weighted by atomic mass is 9.90. The number of nitrogens with one attached hydrogen (secondary N) is 1. The maximum absolute atomic E-state index is 3.49. The molecule has 2 aliphatic heterocycles. The summed E-state index contributed by atoms with van der Waals surface area (Å²) in [6.07, 6.45) is 5.63. The molecule has 0 aliphatic carbocycles. The van der Waals surface area contributed by atoms with Gasteiger partial charge in [-0.15, -0.1) is 0 Å². The van der Waals surface area contributed by atoms with Gasteiger partial charge in [-0.3, -0.25) is 0 Å². The van der Waals surface area contributed by atoms with Gasteiger partial charge >= 0.3 is 0 Å². The van der Waals surface area contributed by atoms with Gasteiger partial charge in [-0.05, 0) is 64.7 Å². The second-order valence-electron chi connectivity index (χ2n) is 4.57. The van der Waals surface area contributed by atoms with Crippen LogP contribution in [-0.4, -0.2) is 37.1 Å². The lowest BCUT2D eigenvalue weighted by Gasteiger charge is -2.40. The Balaban J connectivity index is 1.82. The third kappa shape index (κ3) is 2.23. The average Bonchev–Trinajstić information content (AvgIpc) is 2.27. The summed E-state index contributed by atoms with van der Waals surface area (Å²) >= 11 is 0. The van der Waals surface area contributed by atoms with Crippen molar-refractivity contribution in [3.63, 3.8) is 0 Å². The summed E-state index contributed by atoms with van der Waals surface area (Å²) in [7, 11) is 0. The molecule has 76 valence electrons. The largest absolute Gasteiger partial charge is 0.317 e. The fourth-order valence-corrected chi connectivity index (χ4v) is 2.57. The van der Waals surface area contributed by atoms with Gasteiger partial charge in [0.05, 0.1) is 0 Å². The van der Waals surface area contributed by atoms with Crippen LogP contribution >= 0.6 is 0 Å². The van der Waals surface area contributed by atoms with Gasteiger partial charge in [-0.1, -0.05) is 0 Å². The molecule has 1 N–H and O–H groups in total. The summed E-state index contributed by atoms with van der Waals surface area (Å²) in [5, 5.41) is 3.49. The summed E-state index contributed by atoms with van der Waals surface area (Å²) in [4.78, 5) is 2.65. The van der Waals surface area contributed by atoms with Gasteiger partial charge in [-0.25, -0.2) is 0 Å². The second-order valence-corrected chi connectivity index (χ2v) is 4.57. The summed E-state index contributed by atoms with van der Waals surface area (Å²) in [5.74, 6) is 0.954. The highest BCUT2D eigenvalue weighted by Gasteiger charge is 2.27. The summed E-state index contributed by atoms with van der Waals surface area (Å²) in [5.41, 5.74) is 0. The Labute approximate surface area is 81.7 Å². The van der Waals surface area contributed by atoms with E-state index in [9.17, 15) is 0 Å². The molecule has 0 aromatic heterocycles. The van der Waals surface area contributed by atoms with Crippen LogP contribution in [0.3, 0.4) is 0 Å². The zero-order chi connectivity index (χ0) is 9.10. The minimum absolute atomic E-state index is 0.841. The molecule has 2 saturated heterocycles. The van der Waals surface area contributed by atoms with Gasteiger partial charge in [0.1, 0.15) is 0 Å². The standard InChI is InChI=1S/C11H22N2/c1-10(13-8-3-9-13)11-4-2-6-12-7-5-11/h10-12H,2-9H2,1H3. The van der Waals surface area contributed by atoms with Gasteiger partial charge in [0, 0.05) is 6.04 Å². The zero-order valence-corrected chi connectivity index (χ0v) is 8.76. The predicted molar refractivity (Wildman–Crippen MR) is 55.9 cm³/mol. The van der Waals surface area contributed by atoms with Gasteiger partial charge in [0.25, 0.3) is 0 Å². The van der Waals surface area contributed by atoms with Crippen LogP contribution in [0.1, 0.15) is 32.6 Å². The van der Waals surface area contributed by atoms with Gasteiger partial charge in [0.15, 0.2) is 0 Å². The van der Waals surface area contributed by atoms with E-state index in [0.29, 0.717) is 0 Å². The van der Waals surface area contributed by atoms with E-state index in [1.807, 2.05) is 0 Å². The molecule has 2 aliphatic rings. The van der Waals surface area contributed by atoms with E-state index in [-0.39, 0.29) is 0 Å². The molecule has 0 aromatic rings. The van der Waals surface area contributed by atoms with E-state index in [1.165, 1.54) is 51.9 Å². The van der Waals surface area contributed by atoms with Crippen LogP contribution in [0.5, 0.6) is 0 Å². The van der Waals surface area contributed by atoms with E-state index >= 15 is 0 Å². The Kier molecular flexibility index (Phi) is 3.23. The Morgan fingerprint density at radius 2 is 2.00 bits per heavy atom. The van der Waals surface area contributed by atoms with E-state index in [4.69, 9.17) is 0 Å². The smallest absolute Gasteiger partial charge is 0.00956 e. The Hall–Kier alpha value is -0.0800. The highest BCUT2D eigenvalue weighted by molar-refractivity contribution is 4.82. The highest BCUT2D eigenvalue weighted by atomic mass is 15.2. The van der Waals surface area contributed by atoms with Crippen molar-refractivity contribution in [2.75, 3.05) is 26.2 Å². The van der Waals surface area contributed by atoms with Crippen molar-refractivity contribution >= 4 is 0 Å². The van der Waals surface area contributed by atoms with Crippen molar-refractivity contribution in [3.05, 3.63) is 0 Å². The summed E-state index contributed by atoms with van der Waals surface area (Å²) in [6.45, 7) is 7.61. The van der Waals surface area contributed by atoms with Crippen LogP contribution in [0.2, 0.25) is 0 Å². The topological polar surface area (TPSA) is 15.3 Å². The van der Waals surface area contributed by atoms with Crippen LogP contribution in [0.25, 0.3) is 0 Å². The number of hydrogen-bond donors (Lipinski definition) is 1. The van der Waals surface area contributed by atoms with Crippen LogP contribution in [-0.2, 0) is 0 Å². The number of nitrogens with zero attached hydrogens (tertiary/aromatic N) is 1. The lowest BCUT2D eigenvalue weighted by Crippen LogP contribution is -2.47. The predicted octanol–water partition coefficient (Wildman–Crippen LogP) is 1.47. The van der Waals surface area contributed by atoms with Crippen molar-refractivity contribution in [1.29, 1.82) is 0 Å². The molecule has 2 fully saturated rings. The first-order valence-electron chi connectivity index (χ1n) is 5.82. The first kappa shape index (κ1) is 9.47. The summed E-state index contributed by atoms with van der Waals surface area (Å²) in [6, 6.07) is 0.841. The van der Waals surface area contributed by atoms with Crippen molar-refractivity contribution in [2.24, 2.45) is 5.92 Å². The number of hydrogen-bond acceptors (Lipinski definition) is 2. The molecule has 13 heavy (non-hydrogen) atoms. The molecular weight excluding hydrogens is 160 g/mol. The minimum atomic E-state index is 0.841. The molecule has 0 saturated carbocycles. The molecule has 2 nitrogen and oxygen atoms in total. The average molecular weight is 182 g/mol. The van der Waals surface area contributed by atoms with Crippen LogP contribution in [0.15, 0.2) is 0 Å². The van der Waals surface area contributed by atoms with E-state index < -0.39 is 0 Å². The van der Waals surface area contributed by atoms with Gasteiger partial charge < -0.3 is 10.2 Å². The van der Waals surface area contributed by atoms with E-state index in [2.05, 4.69) is 17.1 Å². The second kappa shape index (κ2) is 4.43. The maximum Gasteiger partial charge on any atom is 0.00956 e. The molecule has 2 unspecified atom stereocenters. The monoisotopic (exact) mass is 182 g/mol. The molecule has 0 aromatic carbocycles. The molecule has 2 heteroatoms. The molecule has 0 spiro atoms. The first-order valence-corrected chi connectivity index (χ1v) is 5.82. The fourth-order valence-electron chi connectivity index (χ4n) is 2.57. The quantitative estimate of drug-likeness (QED) is 0.695. The first-order chi connectivity index (χ1) is 6.38. The zero-order valence-electron chi connectivity index (χ0n) is 8.76. The molecule has 2 heterocycles. The molecule has 0 bridgehead atoms. The lowest BCUT2D eigenvalue weighted by molar-refractivity contribution is 0.0837. The van der Waals surface area contributed by atoms with E-state index in [1.54, 1.807) is 0 Å². The van der Waals surface area contributed by atoms with Crippen LogP contribution in [0.4, 0.5) is 0 Å². The van der Waals surface area contributed by atoms with Gasteiger partial charge in [-0.2, -0.15) is 0 Å². The van der Waals surface area contributed by atoms with Crippen LogP contribution in [0, 0.1) is 5.92 Å². The SMILES string of the molecule is CC(C1CCCNCC1)N1CCC1. The Bertz CT molecular complexity index is 146. The van der Waals surface area contributed by atoms with Gasteiger partial charge in [0.2, 0.25) is 0 Å². The number of likely N-dealkylation sites (tertiary alicyclic amines) is 1. The van der Waals surface area contributed by atoms with E-state index in [0.717, 1.165) is 12.0 Å². The van der Waals surface area contributed by atoms with Crippen molar-refractivity contribution in [3.8, 4) is 0 Å². The molecule has 2 rings (SSSR count). The van der Waals surface area contributed by atoms with Crippen molar-refractivity contribution < 1.29 is 0 Å². The normalized spacial score (nSPS) is 33.5. The van der Waals surface area contributed by atoms with Crippen molar-refractivity contribution in [1.82, 2.24) is 10.2 Å². The Morgan fingerprint density at radius 3 is 2.69 bits per heavy atom. The van der Waals surface area contributed by atoms with Crippen molar-refractivity contribution in [2.45, 2.75) is 38.6 Å². The third-order valence-corrected chi connectivity index (χ3v) is 3.77. The van der Waals surface area contributed by atoms with Crippen LogP contribution < -0.4 is 5.32 Å². The molecule has 0 amide bonds. The maximum atomic E-state index is 3.49. The molecular formula is C11H22N2. The third-order valence-electron chi connectivity index (χ3n) is 3.77. The fraction of sp³-hybridized carbons (Fsp3) is 1.00. The molecule has 2 atom stereocenters. The Morgan fingerprint density at radius 1 is 1.15 bits per heavy atom. The summed E-state index contributed by atoms with van der Waals surface area (Å²) < 4.78 is 0. The number of rotatable bonds is 2. The minimum Gasteiger partial charge on any atom is -0.317 e.